The zero-order chi connectivity index (χ0) is 22.7. The standard InChI is InChI=1S/C22H18Cl2N4O3S/c23-16-8-5-14(12-17(16)24)21(31)28-10-1-2-18(28)20(30)26-15-6-3-13(4-7-15)19(29)27-22-25-9-11-32-22/h3-9,11-12,18H,1-2,10H2,(H,26,30)(H,25,27,29). The van der Waals surface area contributed by atoms with Gasteiger partial charge in [0.15, 0.2) is 5.13 Å². The van der Waals surface area contributed by atoms with Crippen LogP contribution in [0.3, 0.4) is 0 Å². The van der Waals surface area contributed by atoms with Crippen molar-refractivity contribution in [3.63, 3.8) is 0 Å². The Labute approximate surface area is 198 Å². The van der Waals surface area contributed by atoms with Crippen LogP contribution in [0.2, 0.25) is 10.0 Å². The second-order valence-corrected chi connectivity index (χ2v) is 8.85. The van der Waals surface area contributed by atoms with Crippen LogP contribution in [0.25, 0.3) is 0 Å². The molecule has 32 heavy (non-hydrogen) atoms. The lowest BCUT2D eigenvalue weighted by Gasteiger charge is -2.24. The summed E-state index contributed by atoms with van der Waals surface area (Å²) in [6, 6.07) is 10.6. The molecule has 3 amide bonds. The van der Waals surface area contributed by atoms with Crippen molar-refractivity contribution in [2.45, 2.75) is 18.9 Å². The number of nitrogens with one attached hydrogen (secondary N) is 2. The third-order valence-corrected chi connectivity index (χ3v) is 6.48. The van der Waals surface area contributed by atoms with E-state index in [0.29, 0.717) is 39.9 Å². The van der Waals surface area contributed by atoms with Crippen molar-refractivity contribution < 1.29 is 14.4 Å². The highest BCUT2D eigenvalue weighted by Crippen LogP contribution is 2.26. The fourth-order valence-electron chi connectivity index (χ4n) is 3.46. The van der Waals surface area contributed by atoms with Crippen LogP contribution >= 0.6 is 34.5 Å². The van der Waals surface area contributed by atoms with Crippen LogP contribution in [-0.4, -0.2) is 40.2 Å². The molecular weight excluding hydrogens is 471 g/mol. The number of amides is 3. The summed E-state index contributed by atoms with van der Waals surface area (Å²) >= 11 is 13.3. The quantitative estimate of drug-likeness (QED) is 0.531. The molecule has 0 spiro atoms. The summed E-state index contributed by atoms with van der Waals surface area (Å²) in [4.78, 5) is 43.6. The molecule has 3 aromatic rings. The van der Waals surface area contributed by atoms with E-state index in [-0.39, 0.29) is 22.7 Å². The Kier molecular flexibility index (Phi) is 6.74. The maximum atomic E-state index is 12.9. The van der Waals surface area contributed by atoms with E-state index in [0.717, 1.165) is 6.42 Å². The lowest BCUT2D eigenvalue weighted by atomic mass is 10.1. The van der Waals surface area contributed by atoms with Gasteiger partial charge in [0.05, 0.1) is 10.0 Å². The van der Waals surface area contributed by atoms with E-state index in [1.54, 1.807) is 52.9 Å². The van der Waals surface area contributed by atoms with Gasteiger partial charge in [-0.2, -0.15) is 0 Å². The fraction of sp³-hybridized carbons (Fsp3) is 0.182. The van der Waals surface area contributed by atoms with E-state index in [1.165, 1.54) is 17.4 Å². The van der Waals surface area contributed by atoms with Crippen LogP contribution in [-0.2, 0) is 4.79 Å². The zero-order valence-electron chi connectivity index (χ0n) is 16.7. The minimum absolute atomic E-state index is 0.268. The van der Waals surface area contributed by atoms with E-state index in [4.69, 9.17) is 23.2 Å². The predicted octanol–water partition coefficient (Wildman–Crippen LogP) is 4.95. The van der Waals surface area contributed by atoms with Crippen molar-refractivity contribution in [1.29, 1.82) is 0 Å². The maximum Gasteiger partial charge on any atom is 0.257 e. The minimum Gasteiger partial charge on any atom is -0.327 e. The van der Waals surface area contributed by atoms with Crippen molar-refractivity contribution in [3.8, 4) is 0 Å². The second-order valence-electron chi connectivity index (χ2n) is 7.14. The first-order valence-corrected chi connectivity index (χ1v) is 11.4. The Morgan fingerprint density at radius 1 is 1.00 bits per heavy atom. The Morgan fingerprint density at radius 2 is 1.75 bits per heavy atom. The number of aromatic nitrogens is 1. The number of hydrogen-bond donors (Lipinski definition) is 2. The van der Waals surface area contributed by atoms with E-state index < -0.39 is 6.04 Å². The van der Waals surface area contributed by atoms with Crippen molar-refractivity contribution in [2.75, 3.05) is 17.2 Å². The fourth-order valence-corrected chi connectivity index (χ4v) is 4.28. The van der Waals surface area contributed by atoms with E-state index in [9.17, 15) is 14.4 Å². The number of carbonyl (C=O) groups excluding carboxylic acids is 3. The number of rotatable bonds is 5. The van der Waals surface area contributed by atoms with Gasteiger partial charge in [0, 0.05) is 34.9 Å². The molecule has 7 nitrogen and oxygen atoms in total. The van der Waals surface area contributed by atoms with Crippen molar-refractivity contribution in [1.82, 2.24) is 9.88 Å². The molecule has 1 aromatic heterocycles. The molecular formula is C22H18Cl2N4O3S. The smallest absolute Gasteiger partial charge is 0.257 e. The van der Waals surface area contributed by atoms with Gasteiger partial charge in [0.2, 0.25) is 5.91 Å². The highest BCUT2D eigenvalue weighted by Gasteiger charge is 2.34. The average molecular weight is 489 g/mol. The maximum absolute atomic E-state index is 12.9. The van der Waals surface area contributed by atoms with E-state index >= 15 is 0 Å². The Balaban J connectivity index is 1.40. The Hall–Kier alpha value is -2.94. The summed E-state index contributed by atoms with van der Waals surface area (Å²) in [6.07, 6.45) is 2.89. The largest absolute Gasteiger partial charge is 0.327 e. The molecule has 1 saturated heterocycles. The predicted molar refractivity (Wildman–Crippen MR) is 126 cm³/mol. The number of hydrogen-bond acceptors (Lipinski definition) is 5. The van der Waals surface area contributed by atoms with Crippen molar-refractivity contribution >= 4 is 63.1 Å². The van der Waals surface area contributed by atoms with Gasteiger partial charge in [-0.25, -0.2) is 4.98 Å². The lowest BCUT2D eigenvalue weighted by Crippen LogP contribution is -2.43. The van der Waals surface area contributed by atoms with Gasteiger partial charge in [-0.1, -0.05) is 23.2 Å². The molecule has 1 atom stereocenters. The van der Waals surface area contributed by atoms with Crippen molar-refractivity contribution in [2.24, 2.45) is 0 Å². The molecule has 1 fully saturated rings. The molecule has 0 radical (unpaired) electrons. The van der Waals surface area contributed by atoms with Gasteiger partial charge in [-0.05, 0) is 55.3 Å². The lowest BCUT2D eigenvalue weighted by molar-refractivity contribution is -0.119. The highest BCUT2D eigenvalue weighted by atomic mass is 35.5. The van der Waals surface area contributed by atoms with Gasteiger partial charge in [0.1, 0.15) is 6.04 Å². The zero-order valence-corrected chi connectivity index (χ0v) is 19.0. The van der Waals surface area contributed by atoms with Gasteiger partial charge < -0.3 is 10.2 Å². The van der Waals surface area contributed by atoms with Crippen LogP contribution < -0.4 is 10.6 Å². The summed E-state index contributed by atoms with van der Waals surface area (Å²) in [5.41, 5.74) is 1.36. The molecule has 2 heterocycles. The van der Waals surface area contributed by atoms with Gasteiger partial charge >= 0.3 is 0 Å². The molecule has 0 aliphatic carbocycles. The van der Waals surface area contributed by atoms with Gasteiger partial charge in [0.25, 0.3) is 11.8 Å². The molecule has 164 valence electrons. The molecule has 10 heteroatoms. The number of carbonyl (C=O) groups is 3. The van der Waals surface area contributed by atoms with Gasteiger partial charge in [-0.15, -0.1) is 11.3 Å². The highest BCUT2D eigenvalue weighted by molar-refractivity contribution is 7.13. The third-order valence-electron chi connectivity index (χ3n) is 5.05. The molecule has 2 aromatic carbocycles. The number of nitrogens with zero attached hydrogens (tertiary/aromatic N) is 2. The number of anilines is 2. The first-order valence-electron chi connectivity index (χ1n) is 9.80. The summed E-state index contributed by atoms with van der Waals surface area (Å²) < 4.78 is 0. The molecule has 1 aliphatic heterocycles. The monoisotopic (exact) mass is 488 g/mol. The second kappa shape index (κ2) is 9.68. The van der Waals surface area contributed by atoms with E-state index in [2.05, 4.69) is 15.6 Å². The Bertz CT molecular complexity index is 1150. The summed E-state index contributed by atoms with van der Waals surface area (Å²) in [5, 5.41) is 8.47. The van der Waals surface area contributed by atoms with Crippen LogP contribution in [0.15, 0.2) is 54.0 Å². The molecule has 2 N–H and O–H groups in total. The molecule has 4 rings (SSSR count). The van der Waals surface area contributed by atoms with Crippen LogP contribution in [0.1, 0.15) is 33.6 Å². The first kappa shape index (κ1) is 22.3. The van der Waals surface area contributed by atoms with E-state index in [1.807, 2.05) is 0 Å². The summed E-state index contributed by atoms with van der Waals surface area (Å²) in [7, 11) is 0. The molecule has 1 aliphatic rings. The summed E-state index contributed by atoms with van der Waals surface area (Å²) in [6.45, 7) is 0.479. The normalized spacial score (nSPS) is 15.4. The molecule has 0 saturated carbocycles. The minimum atomic E-state index is -0.593. The van der Waals surface area contributed by atoms with Gasteiger partial charge in [-0.3, -0.25) is 19.7 Å². The number of thiazole rings is 1. The first-order chi connectivity index (χ1) is 15.4. The van der Waals surface area contributed by atoms with Crippen LogP contribution in [0, 0.1) is 0 Å². The van der Waals surface area contributed by atoms with Crippen LogP contribution in [0.5, 0.6) is 0 Å². The number of likely N-dealkylation sites (tertiary alicyclic amines) is 1. The topological polar surface area (TPSA) is 91.4 Å². The molecule has 1 unspecified atom stereocenters. The van der Waals surface area contributed by atoms with Crippen molar-refractivity contribution in [3.05, 3.63) is 75.2 Å². The number of benzene rings is 2. The van der Waals surface area contributed by atoms with Crippen LogP contribution in [0.4, 0.5) is 10.8 Å². The third kappa shape index (κ3) is 4.93. The molecule has 0 bridgehead atoms. The number of halogens is 2. The average Bonchev–Trinajstić information content (AvgIpc) is 3.48. The Morgan fingerprint density at radius 3 is 2.44 bits per heavy atom. The summed E-state index contributed by atoms with van der Waals surface area (Å²) in [5.74, 6) is -0.835. The SMILES string of the molecule is O=C(Nc1nccs1)c1ccc(NC(=O)C2CCCN2C(=O)c2ccc(Cl)c(Cl)c2)cc1.